The van der Waals surface area contributed by atoms with Gasteiger partial charge in [0.15, 0.2) is 0 Å². The predicted octanol–water partition coefficient (Wildman–Crippen LogP) is 2.97. The van der Waals surface area contributed by atoms with Crippen LogP contribution in [0.1, 0.15) is 47.5 Å². The fourth-order valence-electron chi connectivity index (χ4n) is 0.799. The Morgan fingerprint density at radius 2 is 1.71 bits per heavy atom. The zero-order valence-corrected chi connectivity index (χ0v) is 10.9. The van der Waals surface area contributed by atoms with Gasteiger partial charge in [-0.1, -0.05) is 18.4 Å². The summed E-state index contributed by atoms with van der Waals surface area (Å²) in [5.41, 5.74) is -0.339. The maximum absolute atomic E-state index is 11.1. The molecule has 1 unspecified atom stereocenters. The van der Waals surface area contributed by atoms with E-state index in [2.05, 4.69) is 13.8 Å². The minimum Gasteiger partial charge on any atom is -0.460 e. The molecule has 0 N–H and O–H groups in total. The van der Waals surface area contributed by atoms with E-state index in [-0.39, 0.29) is 11.6 Å². The highest BCUT2D eigenvalue weighted by atomic mass is 31.0. The van der Waals surface area contributed by atoms with Crippen molar-refractivity contribution < 1.29 is 14.1 Å². The fourth-order valence-corrected chi connectivity index (χ4v) is 0.799. The Labute approximate surface area is 88.8 Å². The van der Waals surface area contributed by atoms with Gasteiger partial charge in [0.1, 0.15) is 5.60 Å². The van der Waals surface area contributed by atoms with Crippen molar-refractivity contribution >= 4 is 15.1 Å². The van der Waals surface area contributed by atoms with E-state index >= 15 is 0 Å². The molecule has 0 aromatic heterocycles. The van der Waals surface area contributed by atoms with Crippen molar-refractivity contribution in [3.63, 3.8) is 0 Å². The molecule has 0 aliphatic carbocycles. The lowest BCUT2D eigenvalue weighted by molar-refractivity contribution is -0.155. The van der Waals surface area contributed by atoms with Crippen LogP contribution in [0.5, 0.6) is 0 Å². The average Bonchev–Trinajstić information content (AvgIpc) is 2.02. The Kier molecular flexibility index (Phi) is 9.07. The second kappa shape index (κ2) is 7.93. The third kappa shape index (κ3) is 14.1. The maximum atomic E-state index is 11.1. The van der Waals surface area contributed by atoms with Gasteiger partial charge in [-0.3, -0.25) is 4.79 Å². The summed E-state index contributed by atoms with van der Waals surface area (Å²) in [4.78, 5) is 11.1. The van der Waals surface area contributed by atoms with Gasteiger partial charge in [-0.15, -0.1) is 0 Å². The topological polar surface area (TPSA) is 43.4 Å². The van der Waals surface area contributed by atoms with Crippen LogP contribution in [0.4, 0.5) is 0 Å². The van der Waals surface area contributed by atoms with Gasteiger partial charge < -0.3 is 4.74 Å². The monoisotopic (exact) mass is 221 g/mol. The number of esters is 1. The van der Waals surface area contributed by atoms with E-state index in [4.69, 9.17) is 9.30 Å². The van der Waals surface area contributed by atoms with Crippen molar-refractivity contribution in [3.05, 3.63) is 0 Å². The highest BCUT2D eigenvalue weighted by molar-refractivity contribution is 7.00. The molecule has 0 aliphatic heterocycles. The molecule has 0 rings (SSSR count). The first kappa shape index (κ1) is 16.0. The van der Waals surface area contributed by atoms with E-state index < -0.39 is 0 Å². The van der Waals surface area contributed by atoms with Gasteiger partial charge in [-0.05, 0) is 33.1 Å². The second-order valence-electron chi connectivity index (χ2n) is 4.52. The number of carbonyl (C=O) groups is 1. The maximum Gasteiger partial charge on any atom is 0.310 e. The Balaban J connectivity index is 0. The molecular weight excluding hydrogens is 199 g/mol. The van der Waals surface area contributed by atoms with E-state index in [1.165, 1.54) is 9.12 Å². The highest BCUT2D eigenvalue weighted by Gasteiger charge is 2.15. The Bertz CT molecular complexity index is 161. The summed E-state index contributed by atoms with van der Waals surface area (Å²) in [6.07, 6.45) is 1.45. The third-order valence-corrected chi connectivity index (χ3v) is 1.35. The standard InChI is InChI=1S/C10H20O2.H2OP/c1-8(2)6-7-9(11)12-10(3,4)5;1-2/h8H,6-7H2,1-5H3;2H2/q;+1. The molecule has 0 aromatic carbocycles. The highest BCUT2D eigenvalue weighted by Crippen LogP contribution is 2.11. The molecule has 0 aromatic rings. The molecule has 0 heterocycles. The molecule has 0 amide bonds. The fraction of sp³-hybridized carbons (Fsp3) is 0.900. The van der Waals surface area contributed by atoms with Gasteiger partial charge in [0, 0.05) is 6.42 Å². The summed E-state index contributed by atoms with van der Waals surface area (Å²) < 4.78 is 13.3. The molecule has 3 nitrogen and oxygen atoms in total. The zero-order chi connectivity index (χ0) is 11.8. The van der Waals surface area contributed by atoms with Gasteiger partial charge in [-0.2, -0.15) is 0 Å². The van der Waals surface area contributed by atoms with E-state index in [0.717, 1.165) is 6.42 Å². The molecule has 1 atom stereocenters. The molecule has 0 spiro atoms. The molecule has 0 saturated heterocycles. The Morgan fingerprint density at radius 1 is 1.29 bits per heavy atom. The summed E-state index contributed by atoms with van der Waals surface area (Å²) in [5, 5.41) is 0. The Hall–Kier alpha value is -0.430. The summed E-state index contributed by atoms with van der Waals surface area (Å²) in [6.45, 7) is 9.87. The molecule has 0 aliphatic rings. The van der Waals surface area contributed by atoms with Crippen LogP contribution in [0.2, 0.25) is 0 Å². The summed E-state index contributed by atoms with van der Waals surface area (Å²) in [7, 11) is 1.17. The average molecular weight is 221 g/mol. The van der Waals surface area contributed by atoms with Crippen molar-refractivity contribution in [1.29, 1.82) is 0 Å². The van der Waals surface area contributed by atoms with Crippen LogP contribution in [0.25, 0.3) is 0 Å². The minimum absolute atomic E-state index is 0.0869. The van der Waals surface area contributed by atoms with Crippen molar-refractivity contribution in [2.75, 3.05) is 0 Å². The molecular formula is C10H22O3P+. The molecule has 14 heavy (non-hydrogen) atoms. The largest absolute Gasteiger partial charge is 0.460 e. The van der Waals surface area contributed by atoms with E-state index in [1.807, 2.05) is 20.8 Å². The molecule has 0 bridgehead atoms. The molecule has 0 saturated carbocycles. The lowest BCUT2D eigenvalue weighted by atomic mass is 10.1. The summed E-state index contributed by atoms with van der Waals surface area (Å²) in [5.74, 6) is 0.480. The zero-order valence-electron chi connectivity index (χ0n) is 9.79. The first-order valence-electron chi connectivity index (χ1n) is 4.76. The van der Waals surface area contributed by atoms with Crippen LogP contribution in [-0.2, 0) is 14.1 Å². The van der Waals surface area contributed by atoms with Crippen LogP contribution in [0.3, 0.4) is 0 Å². The minimum atomic E-state index is -0.339. The normalized spacial score (nSPS) is 10.4. The van der Waals surface area contributed by atoms with Crippen LogP contribution in [0.15, 0.2) is 0 Å². The summed E-state index contributed by atoms with van der Waals surface area (Å²) in [6, 6.07) is 0. The molecule has 84 valence electrons. The van der Waals surface area contributed by atoms with Gasteiger partial charge >= 0.3 is 15.1 Å². The SMILES string of the molecule is CC(C)CCC(=O)OC(C)(C)C.O=[PH2+]. The number of hydrogen-bond donors (Lipinski definition) is 0. The summed E-state index contributed by atoms with van der Waals surface area (Å²) >= 11 is 0. The van der Waals surface area contributed by atoms with Crippen molar-refractivity contribution in [2.45, 2.75) is 53.1 Å². The number of carbonyl (C=O) groups excluding carboxylic acids is 1. The first-order chi connectivity index (χ1) is 6.31. The van der Waals surface area contributed by atoms with Crippen molar-refractivity contribution in [2.24, 2.45) is 5.92 Å². The quantitative estimate of drug-likeness (QED) is 0.543. The van der Waals surface area contributed by atoms with Crippen molar-refractivity contribution in [1.82, 2.24) is 0 Å². The van der Waals surface area contributed by atoms with Gasteiger partial charge in [0.2, 0.25) is 0 Å². The van der Waals surface area contributed by atoms with Gasteiger partial charge in [0.25, 0.3) is 0 Å². The molecule has 0 fully saturated rings. The van der Waals surface area contributed by atoms with Crippen LogP contribution < -0.4 is 0 Å². The number of hydrogen-bond acceptors (Lipinski definition) is 3. The van der Waals surface area contributed by atoms with Gasteiger partial charge in [-0.25, -0.2) is 0 Å². The second-order valence-corrected chi connectivity index (χ2v) is 4.52. The van der Waals surface area contributed by atoms with E-state index in [0.29, 0.717) is 12.3 Å². The van der Waals surface area contributed by atoms with Crippen LogP contribution >= 0.6 is 9.12 Å². The van der Waals surface area contributed by atoms with Crippen molar-refractivity contribution in [3.8, 4) is 0 Å². The Morgan fingerprint density at radius 3 is 2.00 bits per heavy atom. The smallest absolute Gasteiger partial charge is 0.310 e. The number of rotatable bonds is 3. The number of ether oxygens (including phenoxy) is 1. The van der Waals surface area contributed by atoms with E-state index in [1.54, 1.807) is 0 Å². The van der Waals surface area contributed by atoms with Crippen LogP contribution in [0, 0.1) is 5.92 Å². The molecule has 4 heteroatoms. The van der Waals surface area contributed by atoms with Gasteiger partial charge in [0.05, 0.1) is 0 Å². The third-order valence-electron chi connectivity index (χ3n) is 1.35. The predicted molar refractivity (Wildman–Crippen MR) is 60.3 cm³/mol. The van der Waals surface area contributed by atoms with E-state index in [9.17, 15) is 4.79 Å². The lowest BCUT2D eigenvalue weighted by Crippen LogP contribution is -2.23. The molecule has 0 radical (unpaired) electrons. The lowest BCUT2D eigenvalue weighted by Gasteiger charge is -2.19. The van der Waals surface area contributed by atoms with Crippen LogP contribution in [-0.4, -0.2) is 11.6 Å². The first-order valence-corrected chi connectivity index (χ1v) is 5.24.